The number of methoxy groups -OCH3 is 1. The van der Waals surface area contributed by atoms with Crippen molar-refractivity contribution in [1.82, 2.24) is 0 Å². The molecule has 1 aromatic rings. The van der Waals surface area contributed by atoms with E-state index in [-0.39, 0.29) is 0 Å². The molecule has 74 valence electrons. The van der Waals surface area contributed by atoms with Crippen molar-refractivity contribution in [3.8, 4) is 0 Å². The first-order valence-electron chi connectivity index (χ1n) is 4.05. The third kappa shape index (κ3) is 2.32. The Hall–Kier alpha value is -1.84. The summed E-state index contributed by atoms with van der Waals surface area (Å²) in [6.45, 7) is 1.85. The zero-order valence-corrected chi connectivity index (χ0v) is 8.02. The summed E-state index contributed by atoms with van der Waals surface area (Å²) in [5, 5.41) is 11.2. The molecule has 0 unspecified atom stereocenters. The van der Waals surface area contributed by atoms with Crippen molar-refractivity contribution in [2.45, 2.75) is 6.92 Å². The third-order valence-corrected chi connectivity index (χ3v) is 1.73. The smallest absolute Gasteiger partial charge is 0.337 e. The van der Waals surface area contributed by atoms with E-state index >= 15 is 0 Å². The summed E-state index contributed by atoms with van der Waals surface area (Å²) < 4.78 is 4.58. The van der Waals surface area contributed by atoms with Crippen LogP contribution in [0.1, 0.15) is 21.5 Å². The average molecular weight is 193 g/mol. The van der Waals surface area contributed by atoms with E-state index in [0.717, 1.165) is 5.56 Å². The summed E-state index contributed by atoms with van der Waals surface area (Å²) in [5.74, 6) is -0.402. The maximum absolute atomic E-state index is 11.2. The van der Waals surface area contributed by atoms with Gasteiger partial charge in [-0.15, -0.1) is 0 Å². The van der Waals surface area contributed by atoms with Gasteiger partial charge in [-0.25, -0.2) is 4.79 Å². The zero-order chi connectivity index (χ0) is 10.6. The lowest BCUT2D eigenvalue weighted by molar-refractivity contribution is 0.0600. The standard InChI is InChI=1S/C10H11NO3/c1-7-3-8(6-11-13)5-9(4-7)10(12)14-2/h3-6,13H,1-2H3. The zero-order valence-electron chi connectivity index (χ0n) is 8.02. The number of carbonyl (C=O) groups is 1. The minimum absolute atomic E-state index is 0.402. The monoisotopic (exact) mass is 193 g/mol. The number of ether oxygens (including phenoxy) is 1. The molecule has 0 saturated heterocycles. The van der Waals surface area contributed by atoms with Crippen LogP contribution in [0.3, 0.4) is 0 Å². The average Bonchev–Trinajstić information content (AvgIpc) is 2.16. The van der Waals surface area contributed by atoms with Gasteiger partial charge in [0.15, 0.2) is 0 Å². The molecule has 0 radical (unpaired) electrons. The molecule has 0 spiro atoms. The highest BCUT2D eigenvalue weighted by Crippen LogP contribution is 2.09. The Bertz CT molecular complexity index is 372. The number of aryl methyl sites for hydroxylation is 1. The van der Waals surface area contributed by atoms with E-state index in [2.05, 4.69) is 9.89 Å². The Morgan fingerprint density at radius 1 is 1.50 bits per heavy atom. The first-order valence-corrected chi connectivity index (χ1v) is 4.05. The van der Waals surface area contributed by atoms with Gasteiger partial charge in [-0.2, -0.15) is 0 Å². The molecule has 0 heterocycles. The van der Waals surface area contributed by atoms with E-state index in [1.165, 1.54) is 13.3 Å². The Kier molecular flexibility index (Phi) is 3.23. The van der Waals surface area contributed by atoms with Crippen LogP contribution in [0.2, 0.25) is 0 Å². The van der Waals surface area contributed by atoms with E-state index in [4.69, 9.17) is 5.21 Å². The minimum Gasteiger partial charge on any atom is -0.465 e. The third-order valence-electron chi connectivity index (χ3n) is 1.73. The van der Waals surface area contributed by atoms with Crippen molar-refractivity contribution in [3.05, 3.63) is 34.9 Å². The van der Waals surface area contributed by atoms with Gasteiger partial charge in [0, 0.05) is 0 Å². The van der Waals surface area contributed by atoms with Crippen molar-refractivity contribution < 1.29 is 14.7 Å². The van der Waals surface area contributed by atoms with Crippen molar-refractivity contribution in [1.29, 1.82) is 0 Å². The lowest BCUT2D eigenvalue weighted by atomic mass is 10.1. The molecule has 0 aliphatic heterocycles. The predicted molar refractivity (Wildman–Crippen MR) is 51.9 cm³/mol. The molecular weight excluding hydrogens is 182 g/mol. The molecule has 0 saturated carbocycles. The van der Waals surface area contributed by atoms with E-state index in [0.29, 0.717) is 11.1 Å². The van der Waals surface area contributed by atoms with Crippen LogP contribution in [0, 0.1) is 6.92 Å². The second-order valence-corrected chi connectivity index (χ2v) is 2.87. The van der Waals surface area contributed by atoms with Gasteiger partial charge in [-0.1, -0.05) is 11.2 Å². The number of benzene rings is 1. The van der Waals surface area contributed by atoms with Gasteiger partial charge in [0.05, 0.1) is 18.9 Å². The number of hydrogen-bond donors (Lipinski definition) is 1. The highest BCUT2D eigenvalue weighted by atomic mass is 16.5. The van der Waals surface area contributed by atoms with Gasteiger partial charge in [0.2, 0.25) is 0 Å². The van der Waals surface area contributed by atoms with Crippen LogP contribution in [0.25, 0.3) is 0 Å². The van der Waals surface area contributed by atoms with Crippen molar-refractivity contribution >= 4 is 12.2 Å². The molecule has 0 aromatic heterocycles. The summed E-state index contributed by atoms with van der Waals surface area (Å²) in [6, 6.07) is 5.10. The molecule has 0 amide bonds. The van der Waals surface area contributed by atoms with Crippen molar-refractivity contribution in [2.75, 3.05) is 7.11 Å². The van der Waals surface area contributed by atoms with Gasteiger partial charge in [-0.3, -0.25) is 0 Å². The number of rotatable bonds is 2. The fourth-order valence-electron chi connectivity index (χ4n) is 1.19. The maximum atomic E-state index is 11.2. The van der Waals surface area contributed by atoms with Gasteiger partial charge in [0.1, 0.15) is 0 Å². The SMILES string of the molecule is COC(=O)c1cc(C)cc(C=NO)c1. The maximum Gasteiger partial charge on any atom is 0.337 e. The number of carbonyl (C=O) groups excluding carboxylic acids is 1. The van der Waals surface area contributed by atoms with E-state index < -0.39 is 5.97 Å². The lowest BCUT2D eigenvalue weighted by Crippen LogP contribution is -2.02. The topological polar surface area (TPSA) is 58.9 Å². The van der Waals surface area contributed by atoms with Crippen LogP contribution in [-0.4, -0.2) is 24.5 Å². The fourth-order valence-corrected chi connectivity index (χ4v) is 1.19. The molecule has 1 rings (SSSR count). The van der Waals surface area contributed by atoms with Crippen molar-refractivity contribution in [3.63, 3.8) is 0 Å². The predicted octanol–water partition coefficient (Wildman–Crippen LogP) is 1.59. The van der Waals surface area contributed by atoms with Crippen LogP contribution in [0.15, 0.2) is 23.4 Å². The Morgan fingerprint density at radius 2 is 2.21 bits per heavy atom. The van der Waals surface area contributed by atoms with Crippen LogP contribution in [0.4, 0.5) is 0 Å². The van der Waals surface area contributed by atoms with Gasteiger partial charge in [-0.05, 0) is 30.2 Å². The quantitative estimate of drug-likeness (QED) is 0.336. The summed E-state index contributed by atoms with van der Waals surface area (Å²) in [5.41, 5.74) is 2.01. The molecule has 4 heteroatoms. The number of nitrogens with zero attached hydrogens (tertiary/aromatic N) is 1. The molecule has 14 heavy (non-hydrogen) atoms. The Labute approximate surface area is 81.8 Å². The first-order chi connectivity index (χ1) is 6.67. The van der Waals surface area contributed by atoms with Gasteiger partial charge in [0.25, 0.3) is 0 Å². The molecule has 4 nitrogen and oxygen atoms in total. The van der Waals surface area contributed by atoms with Crippen LogP contribution in [-0.2, 0) is 4.74 Å². The largest absolute Gasteiger partial charge is 0.465 e. The van der Waals surface area contributed by atoms with Crippen LogP contribution < -0.4 is 0 Å². The summed E-state index contributed by atoms with van der Waals surface area (Å²) in [6.07, 6.45) is 1.26. The molecule has 0 atom stereocenters. The van der Waals surface area contributed by atoms with Crippen LogP contribution >= 0.6 is 0 Å². The van der Waals surface area contributed by atoms with E-state index in [1.54, 1.807) is 18.2 Å². The molecule has 1 N–H and O–H groups in total. The molecule has 0 aliphatic rings. The minimum atomic E-state index is -0.402. The number of hydrogen-bond acceptors (Lipinski definition) is 4. The van der Waals surface area contributed by atoms with E-state index in [1.807, 2.05) is 6.92 Å². The summed E-state index contributed by atoms with van der Waals surface area (Å²) >= 11 is 0. The number of esters is 1. The Morgan fingerprint density at radius 3 is 2.79 bits per heavy atom. The molecule has 1 aromatic carbocycles. The fraction of sp³-hybridized carbons (Fsp3) is 0.200. The number of oxime groups is 1. The highest BCUT2D eigenvalue weighted by Gasteiger charge is 2.06. The molecule has 0 bridgehead atoms. The summed E-state index contributed by atoms with van der Waals surface area (Å²) in [4.78, 5) is 11.2. The van der Waals surface area contributed by atoms with Gasteiger partial charge >= 0.3 is 5.97 Å². The highest BCUT2D eigenvalue weighted by molar-refractivity contribution is 5.92. The molecule has 0 fully saturated rings. The lowest BCUT2D eigenvalue weighted by Gasteiger charge is -2.02. The van der Waals surface area contributed by atoms with Crippen LogP contribution in [0.5, 0.6) is 0 Å². The van der Waals surface area contributed by atoms with Gasteiger partial charge < -0.3 is 9.94 Å². The van der Waals surface area contributed by atoms with Crippen molar-refractivity contribution in [2.24, 2.45) is 5.16 Å². The summed E-state index contributed by atoms with van der Waals surface area (Å²) in [7, 11) is 1.32. The second-order valence-electron chi connectivity index (χ2n) is 2.87. The van der Waals surface area contributed by atoms with E-state index in [9.17, 15) is 4.79 Å². The Balaban J connectivity index is 3.13. The first kappa shape index (κ1) is 10.2. The molecule has 0 aliphatic carbocycles. The second kappa shape index (κ2) is 4.41. The normalized spacial score (nSPS) is 10.4. The molecular formula is C10H11NO3.